The Morgan fingerprint density at radius 3 is 1.27 bits per heavy atom. The van der Waals surface area contributed by atoms with Crippen LogP contribution in [0.3, 0.4) is 0 Å². The van der Waals surface area contributed by atoms with Crippen LogP contribution in [0.2, 0.25) is 0 Å². The Morgan fingerprint density at radius 1 is 0.356 bits per heavy atom. The van der Waals surface area contributed by atoms with Crippen molar-refractivity contribution in [3.8, 4) is 34.0 Å². The van der Waals surface area contributed by atoms with Crippen molar-refractivity contribution in [3.63, 3.8) is 0 Å². The van der Waals surface area contributed by atoms with Crippen molar-refractivity contribution < 1.29 is 8.83 Å². The van der Waals surface area contributed by atoms with E-state index >= 15 is 0 Å². The van der Waals surface area contributed by atoms with Crippen molar-refractivity contribution in [2.24, 2.45) is 0 Å². The minimum absolute atomic E-state index is 0.590. The van der Waals surface area contributed by atoms with Gasteiger partial charge in [0.15, 0.2) is 0 Å². The van der Waals surface area contributed by atoms with Crippen LogP contribution >= 0.6 is 0 Å². The van der Waals surface area contributed by atoms with E-state index in [4.69, 9.17) is 8.83 Å². The summed E-state index contributed by atoms with van der Waals surface area (Å²) in [5.41, 5.74) is 11.1. The third-order valence-corrected chi connectivity index (χ3v) is 11.9. The molecule has 0 bridgehead atoms. The van der Waals surface area contributed by atoms with E-state index in [-0.39, 0.29) is 0 Å². The van der Waals surface area contributed by atoms with Crippen LogP contribution in [0, 0.1) is 11.3 Å². The molecular weight excluding hydrogens is 721 g/mol. The zero-order valence-corrected chi connectivity index (χ0v) is 31.7. The van der Waals surface area contributed by atoms with Crippen molar-refractivity contribution in [2.75, 3.05) is 0 Å². The first-order valence-corrected chi connectivity index (χ1v) is 19.8. The summed E-state index contributed by atoms with van der Waals surface area (Å²) in [7, 11) is 0. The summed E-state index contributed by atoms with van der Waals surface area (Å²) >= 11 is 0. The highest BCUT2D eigenvalue weighted by Crippen LogP contribution is 2.41. The number of rotatable bonds is 3. The van der Waals surface area contributed by atoms with Gasteiger partial charge in [-0.25, -0.2) is 0 Å². The maximum absolute atomic E-state index is 10.2. The van der Waals surface area contributed by atoms with Gasteiger partial charge in [-0.15, -0.1) is 0 Å². The molecule has 0 saturated heterocycles. The van der Waals surface area contributed by atoms with E-state index in [2.05, 4.69) is 162 Å². The standard InChI is InChI=1S/C55H32N2O2/c56-33-34-12-9-13-37(30-34)57-50-28-26-35(38-20-10-22-46-44-18-5-7-24-52(44)58-54(38)46)31-48(50)42-16-3-1-14-40(42)41-15-2-4-17-43(41)49-32-36(27-29-51(49)57)39-21-11-23-47-45-19-6-8-25-53(45)59-55(39)47/h1-32H. The Balaban J connectivity index is 1.26. The average molecular weight is 753 g/mol. The Hall–Kier alpha value is -8.13. The van der Waals surface area contributed by atoms with Crippen LogP contribution in [0.25, 0.3) is 115 Å². The quantitative estimate of drug-likeness (QED) is 0.181. The minimum atomic E-state index is 0.590. The zero-order chi connectivity index (χ0) is 39.0. The summed E-state index contributed by atoms with van der Waals surface area (Å²) in [5.74, 6) is 0. The van der Waals surface area contributed by atoms with E-state index in [9.17, 15) is 5.26 Å². The highest BCUT2D eigenvalue weighted by atomic mass is 16.3. The van der Waals surface area contributed by atoms with Crippen molar-refractivity contribution in [3.05, 3.63) is 200 Å². The van der Waals surface area contributed by atoms with Crippen LogP contribution in [-0.4, -0.2) is 4.57 Å². The molecular formula is C55H32N2O2. The van der Waals surface area contributed by atoms with Crippen molar-refractivity contribution in [2.45, 2.75) is 0 Å². The van der Waals surface area contributed by atoms with Crippen molar-refractivity contribution >= 4 is 87.2 Å². The number of nitrogens with zero attached hydrogens (tertiary/aromatic N) is 2. The van der Waals surface area contributed by atoms with E-state index in [1.165, 1.54) is 0 Å². The summed E-state index contributed by atoms with van der Waals surface area (Å²) in [4.78, 5) is 0. The molecule has 59 heavy (non-hydrogen) atoms. The molecule has 0 unspecified atom stereocenters. The van der Waals surface area contributed by atoms with Gasteiger partial charge in [0.05, 0.1) is 22.7 Å². The number of aromatic nitrogens is 1. The summed E-state index contributed by atoms with van der Waals surface area (Å²) in [6.45, 7) is 0. The fraction of sp³-hybridized carbons (Fsp3) is 0. The predicted octanol–water partition coefficient (Wildman–Crippen LogP) is 15.2. The monoisotopic (exact) mass is 752 g/mol. The Bertz CT molecular complexity index is 3600. The van der Waals surface area contributed by atoms with Gasteiger partial charge in [0.2, 0.25) is 0 Å². The maximum Gasteiger partial charge on any atom is 0.143 e. The van der Waals surface area contributed by atoms with Gasteiger partial charge in [-0.05, 0) is 87.3 Å². The molecule has 0 atom stereocenters. The molecule has 3 heterocycles. The molecule has 4 heteroatoms. The molecule has 9 aromatic carbocycles. The Morgan fingerprint density at radius 2 is 0.780 bits per heavy atom. The number of nitriles is 1. The largest absolute Gasteiger partial charge is 0.455 e. The summed E-state index contributed by atoms with van der Waals surface area (Å²) in [6.07, 6.45) is 0. The lowest BCUT2D eigenvalue weighted by molar-refractivity contribution is 0.669. The maximum atomic E-state index is 10.2. The van der Waals surface area contributed by atoms with Crippen LogP contribution < -0.4 is 0 Å². The second-order valence-electron chi connectivity index (χ2n) is 15.1. The highest BCUT2D eigenvalue weighted by Gasteiger charge is 2.18. The van der Waals surface area contributed by atoms with Crippen LogP contribution in [-0.2, 0) is 0 Å². The zero-order valence-electron chi connectivity index (χ0n) is 31.7. The summed E-state index contributed by atoms with van der Waals surface area (Å²) in [6, 6.07) is 70.4. The van der Waals surface area contributed by atoms with Crippen molar-refractivity contribution in [1.29, 1.82) is 5.26 Å². The predicted molar refractivity (Wildman–Crippen MR) is 244 cm³/mol. The molecule has 0 amide bonds. The van der Waals surface area contributed by atoms with E-state index in [0.717, 1.165) is 115 Å². The van der Waals surface area contributed by atoms with E-state index in [1.54, 1.807) is 0 Å². The number of hydrogen-bond acceptors (Lipinski definition) is 3. The van der Waals surface area contributed by atoms with Crippen LogP contribution in [0.4, 0.5) is 0 Å². The number of benzene rings is 9. The van der Waals surface area contributed by atoms with Gasteiger partial charge in [0.25, 0.3) is 0 Å². The average Bonchev–Trinajstić information content (AvgIpc) is 3.89. The summed E-state index contributed by atoms with van der Waals surface area (Å²) < 4.78 is 15.5. The first kappa shape index (κ1) is 33.1. The van der Waals surface area contributed by atoms with Gasteiger partial charge in [0, 0.05) is 49.1 Å². The van der Waals surface area contributed by atoms with Crippen molar-refractivity contribution in [1.82, 2.24) is 4.57 Å². The molecule has 0 aliphatic rings. The van der Waals surface area contributed by atoms with E-state index in [1.807, 2.05) is 42.5 Å². The molecule has 0 N–H and O–H groups in total. The minimum Gasteiger partial charge on any atom is -0.455 e. The van der Waals surface area contributed by atoms with Gasteiger partial charge < -0.3 is 13.4 Å². The third kappa shape index (κ3) is 5.09. The lowest BCUT2D eigenvalue weighted by atomic mass is 9.97. The van der Waals surface area contributed by atoms with Crippen LogP contribution in [0.5, 0.6) is 0 Å². The van der Waals surface area contributed by atoms with E-state index in [0.29, 0.717) is 5.56 Å². The molecule has 0 spiro atoms. The molecule has 12 rings (SSSR count). The normalized spacial score (nSPS) is 11.7. The Labute approximate surface area is 338 Å². The number of furan rings is 2. The summed E-state index contributed by atoms with van der Waals surface area (Å²) in [5, 5.41) is 21.2. The fourth-order valence-electron chi connectivity index (χ4n) is 9.21. The second kappa shape index (κ2) is 13.0. The third-order valence-electron chi connectivity index (χ3n) is 11.9. The first-order valence-electron chi connectivity index (χ1n) is 19.8. The SMILES string of the molecule is N#Cc1cccc(-n2c3ccc(-c4cccc5c4oc4ccccc45)cc3c3ccccc3c3ccccc3c3cc(-c4cccc5c4oc4ccccc45)ccc32)c1. The molecule has 0 fully saturated rings. The second-order valence-corrected chi connectivity index (χ2v) is 15.1. The van der Waals surface area contributed by atoms with Gasteiger partial charge in [0.1, 0.15) is 22.3 Å². The van der Waals surface area contributed by atoms with Crippen LogP contribution in [0.15, 0.2) is 203 Å². The molecule has 0 saturated carbocycles. The smallest absolute Gasteiger partial charge is 0.143 e. The molecule has 274 valence electrons. The number of fused-ring (bicyclic) bond motifs is 13. The highest BCUT2D eigenvalue weighted by molar-refractivity contribution is 6.21. The first-order chi connectivity index (χ1) is 29.2. The lowest BCUT2D eigenvalue weighted by Crippen LogP contribution is -1.99. The van der Waals surface area contributed by atoms with E-state index < -0.39 is 0 Å². The number of hydrogen-bond donors (Lipinski definition) is 0. The topological polar surface area (TPSA) is 55.0 Å². The molecule has 4 nitrogen and oxygen atoms in total. The van der Waals surface area contributed by atoms with Gasteiger partial charge in [-0.1, -0.05) is 140 Å². The molecule has 12 aromatic rings. The molecule has 0 aliphatic carbocycles. The lowest BCUT2D eigenvalue weighted by Gasteiger charge is -2.16. The fourth-order valence-corrected chi connectivity index (χ4v) is 9.21. The van der Waals surface area contributed by atoms with Gasteiger partial charge in [-0.2, -0.15) is 5.26 Å². The number of para-hydroxylation sites is 4. The van der Waals surface area contributed by atoms with Gasteiger partial charge >= 0.3 is 0 Å². The van der Waals surface area contributed by atoms with Crippen LogP contribution in [0.1, 0.15) is 5.56 Å². The Kier molecular flexibility index (Phi) is 7.26. The molecule has 3 aromatic heterocycles. The molecule has 0 radical (unpaired) electrons. The molecule has 0 aliphatic heterocycles. The van der Waals surface area contributed by atoms with Gasteiger partial charge in [-0.3, -0.25) is 0 Å².